The van der Waals surface area contributed by atoms with Gasteiger partial charge >= 0.3 is 5.97 Å². The van der Waals surface area contributed by atoms with Crippen LogP contribution in [-0.2, 0) is 11.3 Å². The van der Waals surface area contributed by atoms with Gasteiger partial charge in [0.05, 0.1) is 5.60 Å². The molecule has 28 heavy (non-hydrogen) atoms. The summed E-state index contributed by atoms with van der Waals surface area (Å²) in [6.45, 7) is 7.14. The van der Waals surface area contributed by atoms with Crippen molar-refractivity contribution in [3.05, 3.63) is 69.6 Å². The zero-order chi connectivity index (χ0) is 20.5. The largest absolute Gasteiger partial charge is 0.480 e. The maximum absolute atomic E-state index is 12.6. The molecule has 0 spiro atoms. The van der Waals surface area contributed by atoms with Crippen molar-refractivity contribution in [3.8, 4) is 0 Å². The number of β-amino-alcohol motifs (C(OH)–C–C–N with tert-alkyl or cyclic N) is 1. The van der Waals surface area contributed by atoms with E-state index in [0.29, 0.717) is 12.2 Å². The van der Waals surface area contributed by atoms with E-state index >= 15 is 0 Å². The molecule has 0 unspecified atom stereocenters. The molecule has 2 aromatic rings. The normalized spacial score (nSPS) is 20.4. The van der Waals surface area contributed by atoms with Gasteiger partial charge in [0, 0.05) is 43.2 Å². The van der Waals surface area contributed by atoms with E-state index in [9.17, 15) is 14.7 Å². The maximum Gasteiger partial charge on any atom is 0.323 e. The van der Waals surface area contributed by atoms with Gasteiger partial charge in [0.1, 0.15) is 6.54 Å². The second kappa shape index (κ2) is 7.89. The molecule has 1 aliphatic rings. The Morgan fingerprint density at radius 3 is 2.25 bits per heavy atom. The summed E-state index contributed by atoms with van der Waals surface area (Å²) < 4.78 is 1.28. The van der Waals surface area contributed by atoms with Crippen molar-refractivity contribution in [1.82, 2.24) is 9.47 Å². The number of aromatic nitrogens is 1. The van der Waals surface area contributed by atoms with Gasteiger partial charge in [0.25, 0.3) is 5.56 Å². The third-order valence-corrected chi connectivity index (χ3v) is 5.31. The number of carboxylic acid groups (broad SMARTS) is 1. The van der Waals surface area contributed by atoms with Crippen molar-refractivity contribution < 1.29 is 15.0 Å². The van der Waals surface area contributed by atoms with Crippen LogP contribution in [0.5, 0.6) is 0 Å². The smallest absolute Gasteiger partial charge is 0.323 e. The average molecular weight is 384 g/mol. The summed E-state index contributed by atoms with van der Waals surface area (Å²) in [6.07, 6.45) is 0. The van der Waals surface area contributed by atoms with Gasteiger partial charge in [-0.2, -0.15) is 0 Å². The molecule has 0 bridgehead atoms. The summed E-state index contributed by atoms with van der Waals surface area (Å²) >= 11 is 0. The highest BCUT2D eigenvalue weighted by atomic mass is 16.4. The van der Waals surface area contributed by atoms with E-state index < -0.39 is 11.6 Å². The highest BCUT2D eigenvalue weighted by Gasteiger charge is 2.37. The van der Waals surface area contributed by atoms with E-state index in [-0.39, 0.29) is 23.9 Å². The Bertz CT molecular complexity index is 899. The van der Waals surface area contributed by atoms with E-state index in [1.807, 2.05) is 24.3 Å². The van der Waals surface area contributed by atoms with Gasteiger partial charge < -0.3 is 14.8 Å². The first-order valence-electron chi connectivity index (χ1n) is 9.57. The van der Waals surface area contributed by atoms with Gasteiger partial charge in [-0.05, 0) is 38.0 Å². The van der Waals surface area contributed by atoms with Crippen LogP contribution < -0.4 is 5.56 Å². The number of carbonyl (C=O) groups is 1. The van der Waals surface area contributed by atoms with Crippen molar-refractivity contribution in [2.24, 2.45) is 0 Å². The Hall–Kier alpha value is -2.44. The number of pyridine rings is 1. The maximum atomic E-state index is 12.6. The highest BCUT2D eigenvalue weighted by molar-refractivity contribution is 5.66. The minimum Gasteiger partial charge on any atom is -0.480 e. The van der Waals surface area contributed by atoms with Gasteiger partial charge in [-0.25, -0.2) is 0 Å². The minimum atomic E-state index is -1.03. The van der Waals surface area contributed by atoms with Crippen LogP contribution in [0.25, 0.3) is 0 Å². The Balaban J connectivity index is 1.97. The second-order valence-electron chi connectivity index (χ2n) is 8.38. The molecule has 2 atom stereocenters. The van der Waals surface area contributed by atoms with Crippen LogP contribution in [0, 0.1) is 6.92 Å². The summed E-state index contributed by atoms with van der Waals surface area (Å²) in [5.41, 5.74) is 1.70. The molecular weight excluding hydrogens is 356 g/mol. The number of nitrogens with zero attached hydrogens (tertiary/aromatic N) is 2. The number of hydrogen-bond acceptors (Lipinski definition) is 4. The quantitative estimate of drug-likeness (QED) is 0.798. The molecule has 0 aliphatic carbocycles. The molecule has 2 N–H and O–H groups in total. The lowest BCUT2D eigenvalue weighted by Crippen LogP contribution is -2.37. The van der Waals surface area contributed by atoms with Crippen molar-refractivity contribution in [3.63, 3.8) is 0 Å². The van der Waals surface area contributed by atoms with Gasteiger partial charge in [-0.1, -0.05) is 30.3 Å². The standard InChI is InChI=1S/C22H28N2O4/c1-15-9-17(10-20(25)24(15)13-21(26)27)19-12-23(14-22(2,3)28)11-18(19)16-7-5-4-6-8-16/h4-10,18-19,28H,11-14H2,1-3H3,(H,26,27)/t18-,19+/m0/s1. The summed E-state index contributed by atoms with van der Waals surface area (Å²) in [5.74, 6) is -0.717. The van der Waals surface area contributed by atoms with Gasteiger partial charge in [0.2, 0.25) is 0 Å². The van der Waals surface area contributed by atoms with Crippen LogP contribution in [0.2, 0.25) is 0 Å². The monoisotopic (exact) mass is 384 g/mol. The molecule has 6 nitrogen and oxygen atoms in total. The van der Waals surface area contributed by atoms with E-state index in [0.717, 1.165) is 18.7 Å². The minimum absolute atomic E-state index is 0.107. The Kier molecular flexibility index (Phi) is 5.72. The Labute approximate surface area is 165 Å². The average Bonchev–Trinajstić information content (AvgIpc) is 3.00. The second-order valence-corrected chi connectivity index (χ2v) is 8.38. The lowest BCUT2D eigenvalue weighted by Gasteiger charge is -2.25. The van der Waals surface area contributed by atoms with Crippen LogP contribution in [-0.4, -0.2) is 50.9 Å². The molecule has 6 heteroatoms. The number of likely N-dealkylation sites (tertiary alicyclic amines) is 1. The number of hydrogen-bond donors (Lipinski definition) is 2. The molecule has 1 aromatic carbocycles. The number of aliphatic hydroxyl groups is 1. The van der Waals surface area contributed by atoms with Crippen LogP contribution in [0.3, 0.4) is 0 Å². The number of aliphatic carboxylic acids is 1. The first kappa shape index (κ1) is 20.3. The van der Waals surface area contributed by atoms with Crippen LogP contribution >= 0.6 is 0 Å². The molecule has 0 radical (unpaired) electrons. The number of aryl methyl sites for hydroxylation is 1. The third kappa shape index (κ3) is 4.69. The van der Waals surface area contributed by atoms with E-state index in [4.69, 9.17) is 5.11 Å². The predicted molar refractivity (Wildman–Crippen MR) is 108 cm³/mol. The van der Waals surface area contributed by atoms with Crippen LogP contribution in [0.1, 0.15) is 42.5 Å². The summed E-state index contributed by atoms with van der Waals surface area (Å²) in [6, 6.07) is 13.7. The summed E-state index contributed by atoms with van der Waals surface area (Å²) in [7, 11) is 0. The lowest BCUT2D eigenvalue weighted by molar-refractivity contribution is -0.137. The molecule has 150 valence electrons. The zero-order valence-electron chi connectivity index (χ0n) is 16.6. The van der Waals surface area contributed by atoms with Crippen molar-refractivity contribution >= 4 is 5.97 Å². The molecular formula is C22H28N2O4. The fourth-order valence-electron chi connectivity index (χ4n) is 4.24. The molecule has 0 saturated carbocycles. The van der Waals surface area contributed by atoms with Crippen LogP contribution in [0.15, 0.2) is 47.3 Å². The number of carboxylic acids is 1. The lowest BCUT2D eigenvalue weighted by atomic mass is 9.84. The number of benzene rings is 1. The molecule has 3 rings (SSSR count). The third-order valence-electron chi connectivity index (χ3n) is 5.31. The molecule has 2 heterocycles. The molecule has 1 aromatic heterocycles. The number of rotatable bonds is 6. The predicted octanol–water partition coefficient (Wildman–Crippen LogP) is 2.20. The summed E-state index contributed by atoms with van der Waals surface area (Å²) in [5, 5.41) is 19.3. The van der Waals surface area contributed by atoms with E-state index in [1.54, 1.807) is 26.8 Å². The van der Waals surface area contributed by atoms with Gasteiger partial charge in [-0.15, -0.1) is 0 Å². The molecule has 0 amide bonds. The van der Waals surface area contributed by atoms with Crippen molar-refractivity contribution in [2.75, 3.05) is 19.6 Å². The molecule has 1 aliphatic heterocycles. The fourth-order valence-corrected chi connectivity index (χ4v) is 4.24. The van der Waals surface area contributed by atoms with Crippen molar-refractivity contribution in [1.29, 1.82) is 0 Å². The first-order valence-corrected chi connectivity index (χ1v) is 9.57. The molecule has 1 saturated heterocycles. The first-order chi connectivity index (χ1) is 13.1. The Morgan fingerprint density at radius 1 is 1.11 bits per heavy atom. The van der Waals surface area contributed by atoms with E-state index in [2.05, 4.69) is 17.0 Å². The SMILES string of the molecule is Cc1cc([C@H]2CN(CC(C)(C)O)C[C@H]2c2ccccc2)cc(=O)n1CC(=O)O. The van der Waals surface area contributed by atoms with Crippen molar-refractivity contribution in [2.45, 2.75) is 44.8 Å². The highest BCUT2D eigenvalue weighted by Crippen LogP contribution is 2.39. The summed E-state index contributed by atoms with van der Waals surface area (Å²) in [4.78, 5) is 25.8. The van der Waals surface area contributed by atoms with Gasteiger partial charge in [-0.3, -0.25) is 14.5 Å². The van der Waals surface area contributed by atoms with Gasteiger partial charge in [0.15, 0.2) is 0 Å². The molecule has 1 fully saturated rings. The topological polar surface area (TPSA) is 82.8 Å². The fraction of sp³-hybridized carbons (Fsp3) is 0.455. The zero-order valence-corrected chi connectivity index (χ0v) is 16.6. The van der Waals surface area contributed by atoms with E-state index in [1.165, 1.54) is 10.1 Å². The van der Waals surface area contributed by atoms with Crippen LogP contribution in [0.4, 0.5) is 0 Å². The Morgan fingerprint density at radius 2 is 1.71 bits per heavy atom.